The number of phenols is 2. The summed E-state index contributed by atoms with van der Waals surface area (Å²) in [5.74, 6) is -1.78. The average molecular weight is 340 g/mol. The summed E-state index contributed by atoms with van der Waals surface area (Å²) in [5.41, 5.74) is 0.673. The third kappa shape index (κ3) is 2.75. The molecule has 0 radical (unpaired) electrons. The Labute approximate surface area is 123 Å². The van der Waals surface area contributed by atoms with Crippen molar-refractivity contribution in [1.29, 1.82) is 0 Å². The monoisotopic (exact) mass is 339 g/mol. The van der Waals surface area contributed by atoms with Crippen molar-refractivity contribution in [3.05, 3.63) is 51.7 Å². The number of nitrogens with one attached hydrogen (secondary N) is 1. The summed E-state index contributed by atoms with van der Waals surface area (Å²) in [4.78, 5) is 12.1. The van der Waals surface area contributed by atoms with Crippen LogP contribution in [0.15, 0.2) is 34.8 Å². The van der Waals surface area contributed by atoms with Gasteiger partial charge in [0.2, 0.25) is 0 Å². The number of aryl methyl sites for hydroxylation is 1. The molecule has 0 aliphatic carbocycles. The van der Waals surface area contributed by atoms with Crippen LogP contribution in [-0.4, -0.2) is 16.1 Å². The molecule has 0 saturated carbocycles. The standard InChI is InChI=1S/C14H11BrFNO3/c1-7-5-9(16)8(15)6-10(7)17-14(20)13-11(18)3-2-4-12(13)19/h2-6,18-19H,1H3,(H,17,20). The van der Waals surface area contributed by atoms with Gasteiger partial charge in [-0.25, -0.2) is 4.39 Å². The Morgan fingerprint density at radius 3 is 2.45 bits per heavy atom. The van der Waals surface area contributed by atoms with Gasteiger partial charge in [-0.3, -0.25) is 4.79 Å². The van der Waals surface area contributed by atoms with Gasteiger partial charge in [0.05, 0.1) is 4.47 Å². The van der Waals surface area contributed by atoms with Crippen molar-refractivity contribution in [2.45, 2.75) is 6.92 Å². The quantitative estimate of drug-likeness (QED) is 0.783. The fourth-order valence-electron chi connectivity index (χ4n) is 1.73. The number of anilines is 1. The fourth-order valence-corrected chi connectivity index (χ4v) is 2.07. The van der Waals surface area contributed by atoms with Crippen molar-refractivity contribution in [2.75, 3.05) is 5.32 Å². The molecule has 20 heavy (non-hydrogen) atoms. The van der Waals surface area contributed by atoms with E-state index in [-0.39, 0.29) is 21.5 Å². The molecule has 2 aromatic rings. The van der Waals surface area contributed by atoms with Crippen molar-refractivity contribution in [3.63, 3.8) is 0 Å². The van der Waals surface area contributed by atoms with Crippen LogP contribution in [0.25, 0.3) is 0 Å². The van der Waals surface area contributed by atoms with E-state index in [0.29, 0.717) is 11.3 Å². The summed E-state index contributed by atoms with van der Waals surface area (Å²) in [5, 5.41) is 21.8. The van der Waals surface area contributed by atoms with E-state index in [9.17, 15) is 19.4 Å². The minimum atomic E-state index is -0.679. The van der Waals surface area contributed by atoms with E-state index in [1.165, 1.54) is 30.3 Å². The van der Waals surface area contributed by atoms with Crippen LogP contribution in [0.5, 0.6) is 11.5 Å². The molecule has 2 rings (SSSR count). The van der Waals surface area contributed by atoms with E-state index in [4.69, 9.17) is 0 Å². The molecule has 0 bridgehead atoms. The zero-order valence-corrected chi connectivity index (χ0v) is 12.0. The summed E-state index contributed by atoms with van der Waals surface area (Å²) in [6, 6.07) is 6.69. The first-order valence-corrected chi connectivity index (χ1v) is 6.47. The molecule has 0 aliphatic heterocycles. The summed E-state index contributed by atoms with van der Waals surface area (Å²) < 4.78 is 13.5. The highest BCUT2D eigenvalue weighted by Crippen LogP contribution is 2.29. The van der Waals surface area contributed by atoms with Crippen molar-refractivity contribution in [2.24, 2.45) is 0 Å². The molecule has 0 fully saturated rings. The number of halogens is 2. The fraction of sp³-hybridized carbons (Fsp3) is 0.0714. The minimum absolute atomic E-state index is 0.208. The first-order valence-electron chi connectivity index (χ1n) is 5.68. The van der Waals surface area contributed by atoms with E-state index in [0.717, 1.165) is 0 Å². The highest BCUT2D eigenvalue weighted by Gasteiger charge is 2.17. The Kier molecular flexibility index (Phi) is 3.94. The van der Waals surface area contributed by atoms with Crippen molar-refractivity contribution in [1.82, 2.24) is 0 Å². The lowest BCUT2D eigenvalue weighted by molar-refractivity contribution is 0.102. The second-order valence-electron chi connectivity index (χ2n) is 4.21. The third-order valence-corrected chi connectivity index (χ3v) is 3.37. The number of hydrogen-bond donors (Lipinski definition) is 3. The van der Waals surface area contributed by atoms with Crippen LogP contribution >= 0.6 is 15.9 Å². The summed E-state index contributed by atoms with van der Waals surface area (Å²) in [6.45, 7) is 1.63. The van der Waals surface area contributed by atoms with E-state index < -0.39 is 11.7 Å². The van der Waals surface area contributed by atoms with Gasteiger partial charge in [-0.15, -0.1) is 0 Å². The molecular formula is C14H11BrFNO3. The number of carbonyl (C=O) groups excluding carboxylic acids is 1. The molecular weight excluding hydrogens is 329 g/mol. The Balaban J connectivity index is 2.35. The van der Waals surface area contributed by atoms with Gasteiger partial charge < -0.3 is 15.5 Å². The summed E-state index contributed by atoms with van der Waals surface area (Å²) in [6.07, 6.45) is 0. The zero-order chi connectivity index (χ0) is 14.9. The molecule has 1 amide bonds. The van der Waals surface area contributed by atoms with Gasteiger partial charge in [-0.1, -0.05) is 6.07 Å². The first-order chi connectivity index (χ1) is 9.40. The van der Waals surface area contributed by atoms with Gasteiger partial charge in [0.15, 0.2) is 0 Å². The number of rotatable bonds is 2. The van der Waals surface area contributed by atoms with Gasteiger partial charge in [0, 0.05) is 5.69 Å². The Morgan fingerprint density at radius 2 is 1.85 bits per heavy atom. The second-order valence-corrected chi connectivity index (χ2v) is 5.06. The third-order valence-electron chi connectivity index (χ3n) is 2.76. The first kappa shape index (κ1) is 14.3. The normalized spacial score (nSPS) is 10.3. The van der Waals surface area contributed by atoms with E-state index in [2.05, 4.69) is 21.2 Å². The van der Waals surface area contributed by atoms with Crippen LogP contribution in [0.4, 0.5) is 10.1 Å². The average Bonchev–Trinajstić information content (AvgIpc) is 2.35. The van der Waals surface area contributed by atoms with Gasteiger partial charge in [-0.2, -0.15) is 0 Å². The molecule has 104 valence electrons. The van der Waals surface area contributed by atoms with Gasteiger partial charge in [0.25, 0.3) is 5.91 Å². The minimum Gasteiger partial charge on any atom is -0.507 e. The SMILES string of the molecule is Cc1cc(F)c(Br)cc1NC(=O)c1c(O)cccc1O. The van der Waals surface area contributed by atoms with Gasteiger partial charge in [0.1, 0.15) is 22.9 Å². The van der Waals surface area contributed by atoms with E-state index >= 15 is 0 Å². The molecule has 0 unspecified atom stereocenters. The molecule has 4 nitrogen and oxygen atoms in total. The Morgan fingerprint density at radius 1 is 1.25 bits per heavy atom. The van der Waals surface area contributed by atoms with Crippen LogP contribution in [-0.2, 0) is 0 Å². The number of phenolic OH excluding ortho intramolecular Hbond substituents is 2. The maximum absolute atomic E-state index is 13.3. The largest absolute Gasteiger partial charge is 0.507 e. The van der Waals surface area contributed by atoms with Crippen molar-refractivity contribution >= 4 is 27.5 Å². The maximum atomic E-state index is 13.3. The summed E-state index contributed by atoms with van der Waals surface area (Å²) in [7, 11) is 0. The molecule has 6 heteroatoms. The number of carbonyl (C=O) groups is 1. The molecule has 3 N–H and O–H groups in total. The van der Waals surface area contributed by atoms with Crippen LogP contribution in [0, 0.1) is 12.7 Å². The lowest BCUT2D eigenvalue weighted by atomic mass is 10.1. The lowest BCUT2D eigenvalue weighted by Crippen LogP contribution is -2.13. The topological polar surface area (TPSA) is 69.6 Å². The maximum Gasteiger partial charge on any atom is 0.263 e. The number of benzene rings is 2. The number of hydrogen-bond acceptors (Lipinski definition) is 3. The zero-order valence-electron chi connectivity index (χ0n) is 10.4. The Hall–Kier alpha value is -2.08. The second kappa shape index (κ2) is 5.50. The van der Waals surface area contributed by atoms with Crippen LogP contribution in [0.2, 0.25) is 0 Å². The predicted octanol–water partition coefficient (Wildman–Crippen LogP) is 3.56. The Bertz CT molecular complexity index is 668. The number of aromatic hydroxyl groups is 2. The van der Waals surface area contributed by atoms with E-state index in [1.807, 2.05) is 0 Å². The van der Waals surface area contributed by atoms with Gasteiger partial charge >= 0.3 is 0 Å². The summed E-state index contributed by atoms with van der Waals surface area (Å²) >= 11 is 3.03. The molecule has 0 heterocycles. The molecule has 0 atom stereocenters. The molecule has 0 spiro atoms. The highest BCUT2D eigenvalue weighted by atomic mass is 79.9. The molecule has 0 aliphatic rings. The van der Waals surface area contributed by atoms with E-state index in [1.54, 1.807) is 6.92 Å². The van der Waals surface area contributed by atoms with Crippen molar-refractivity contribution < 1.29 is 19.4 Å². The smallest absolute Gasteiger partial charge is 0.263 e. The molecule has 0 saturated heterocycles. The lowest BCUT2D eigenvalue weighted by Gasteiger charge is -2.11. The van der Waals surface area contributed by atoms with Crippen molar-refractivity contribution in [3.8, 4) is 11.5 Å². The van der Waals surface area contributed by atoms with Crippen LogP contribution < -0.4 is 5.32 Å². The number of amides is 1. The molecule has 2 aromatic carbocycles. The van der Waals surface area contributed by atoms with Gasteiger partial charge in [-0.05, 0) is 52.7 Å². The molecule has 0 aromatic heterocycles. The predicted molar refractivity (Wildman–Crippen MR) is 76.6 cm³/mol. The highest BCUT2D eigenvalue weighted by molar-refractivity contribution is 9.10. The van der Waals surface area contributed by atoms with Crippen LogP contribution in [0.3, 0.4) is 0 Å². The van der Waals surface area contributed by atoms with Crippen LogP contribution in [0.1, 0.15) is 15.9 Å².